The number of ketones is 1. The van der Waals surface area contributed by atoms with E-state index in [9.17, 15) is 14.7 Å². The van der Waals surface area contributed by atoms with Gasteiger partial charge >= 0.3 is 0 Å². The minimum absolute atomic E-state index is 0.0199. The van der Waals surface area contributed by atoms with Gasteiger partial charge in [0.1, 0.15) is 5.76 Å². The number of rotatable bonds is 7. The van der Waals surface area contributed by atoms with Gasteiger partial charge in [-0.3, -0.25) is 9.59 Å². The minimum atomic E-state index is -0.733. The highest BCUT2D eigenvalue weighted by Crippen LogP contribution is 2.42. The maximum Gasteiger partial charge on any atom is 0.295 e. The normalized spacial score (nSPS) is 18.0. The molecule has 2 aromatic carbocycles. The van der Waals surface area contributed by atoms with Crippen LogP contribution in [0.3, 0.4) is 0 Å². The van der Waals surface area contributed by atoms with Crippen LogP contribution in [0.4, 0.5) is 0 Å². The minimum Gasteiger partial charge on any atom is -0.507 e. The monoisotopic (exact) mass is 476 g/mol. The quantitative estimate of drug-likeness (QED) is 0.356. The second kappa shape index (κ2) is 9.94. The van der Waals surface area contributed by atoms with E-state index in [0.717, 1.165) is 17.7 Å². The summed E-state index contributed by atoms with van der Waals surface area (Å²) in [4.78, 5) is 29.7. The molecule has 1 unspecified atom stereocenters. The third kappa shape index (κ3) is 4.63. The predicted octanol–water partition coefficient (Wildman–Crippen LogP) is 4.68. The highest BCUT2D eigenvalue weighted by Gasteiger charge is 2.46. The Morgan fingerprint density at radius 2 is 1.78 bits per heavy atom. The first-order valence-electron chi connectivity index (χ1n) is 10.2. The standard InChI is InChI=1S/C24H26Cl2N2O4/c1-14-8-5-6-9-16(14)20-19(22(30)24(31)28(20)11-7-10-27(2)3)21(29)15-12-17(25)23(32-4)18(26)13-15/h5-6,8-9,12-13,20,29H,7,10-11H2,1-4H3/b21-19+. The van der Waals surface area contributed by atoms with Gasteiger partial charge in [0.15, 0.2) is 5.75 Å². The molecule has 0 radical (unpaired) electrons. The topological polar surface area (TPSA) is 70.1 Å². The predicted molar refractivity (Wildman–Crippen MR) is 126 cm³/mol. The van der Waals surface area contributed by atoms with Crippen molar-refractivity contribution >= 4 is 40.7 Å². The lowest BCUT2D eigenvalue weighted by molar-refractivity contribution is -0.139. The number of halogens is 2. The summed E-state index contributed by atoms with van der Waals surface area (Å²) >= 11 is 12.5. The summed E-state index contributed by atoms with van der Waals surface area (Å²) < 4.78 is 5.17. The summed E-state index contributed by atoms with van der Waals surface area (Å²) in [6.07, 6.45) is 0.683. The lowest BCUT2D eigenvalue weighted by Gasteiger charge is -2.27. The van der Waals surface area contributed by atoms with Crippen LogP contribution in [0.15, 0.2) is 42.0 Å². The number of aliphatic hydroxyl groups excluding tert-OH is 1. The molecule has 1 N–H and O–H groups in total. The zero-order chi connectivity index (χ0) is 23.6. The van der Waals surface area contributed by atoms with Crippen molar-refractivity contribution in [3.8, 4) is 5.75 Å². The van der Waals surface area contributed by atoms with Gasteiger partial charge in [0, 0.05) is 12.1 Å². The fourth-order valence-electron chi connectivity index (χ4n) is 3.93. The Bertz CT molecular complexity index is 1060. The number of nitrogens with zero attached hydrogens (tertiary/aromatic N) is 2. The number of amides is 1. The molecule has 1 heterocycles. The van der Waals surface area contributed by atoms with Gasteiger partial charge in [-0.15, -0.1) is 0 Å². The number of benzene rings is 2. The molecule has 0 spiro atoms. The van der Waals surface area contributed by atoms with Crippen LogP contribution in [-0.2, 0) is 9.59 Å². The first-order chi connectivity index (χ1) is 15.2. The van der Waals surface area contributed by atoms with Crippen LogP contribution in [-0.4, -0.2) is 60.9 Å². The number of carbonyl (C=O) groups excluding carboxylic acids is 2. The molecule has 6 nitrogen and oxygen atoms in total. The molecule has 1 fully saturated rings. The lowest BCUT2D eigenvalue weighted by Crippen LogP contribution is -2.32. The highest BCUT2D eigenvalue weighted by molar-refractivity contribution is 6.46. The Kier molecular flexibility index (Phi) is 7.49. The van der Waals surface area contributed by atoms with Crippen molar-refractivity contribution in [1.82, 2.24) is 9.80 Å². The van der Waals surface area contributed by atoms with Crippen molar-refractivity contribution in [2.45, 2.75) is 19.4 Å². The molecule has 1 amide bonds. The molecule has 2 aromatic rings. The maximum absolute atomic E-state index is 13.1. The number of aryl methyl sites for hydroxylation is 1. The molecule has 1 aliphatic heterocycles. The maximum atomic E-state index is 13.1. The fraction of sp³-hybridized carbons (Fsp3) is 0.333. The Hall–Kier alpha value is -2.54. The fourth-order valence-corrected chi connectivity index (χ4v) is 4.57. The second-order valence-corrected chi connectivity index (χ2v) is 8.79. The Morgan fingerprint density at radius 3 is 2.34 bits per heavy atom. The van der Waals surface area contributed by atoms with Crippen molar-refractivity contribution in [3.05, 3.63) is 68.7 Å². The largest absolute Gasteiger partial charge is 0.507 e. The molecule has 0 aromatic heterocycles. The number of carbonyl (C=O) groups is 2. The first-order valence-corrected chi connectivity index (χ1v) is 10.9. The summed E-state index contributed by atoms with van der Waals surface area (Å²) in [6.45, 7) is 3.05. The first kappa shape index (κ1) is 24.1. The third-order valence-electron chi connectivity index (χ3n) is 5.50. The second-order valence-electron chi connectivity index (χ2n) is 7.98. The van der Waals surface area contributed by atoms with Crippen LogP contribution >= 0.6 is 23.2 Å². The van der Waals surface area contributed by atoms with Gasteiger partial charge in [-0.2, -0.15) is 0 Å². The van der Waals surface area contributed by atoms with Crippen molar-refractivity contribution in [2.75, 3.05) is 34.3 Å². The van der Waals surface area contributed by atoms with Gasteiger partial charge in [-0.25, -0.2) is 0 Å². The third-order valence-corrected chi connectivity index (χ3v) is 6.06. The van der Waals surface area contributed by atoms with Crippen molar-refractivity contribution in [3.63, 3.8) is 0 Å². The van der Waals surface area contributed by atoms with Crippen molar-refractivity contribution < 1.29 is 19.4 Å². The van der Waals surface area contributed by atoms with Gasteiger partial charge in [-0.1, -0.05) is 47.5 Å². The summed E-state index contributed by atoms with van der Waals surface area (Å²) in [5.41, 5.74) is 1.95. The van der Waals surface area contributed by atoms with Gasteiger partial charge in [0.25, 0.3) is 11.7 Å². The van der Waals surface area contributed by atoms with Crippen molar-refractivity contribution in [1.29, 1.82) is 0 Å². The molecule has 0 bridgehead atoms. The molecule has 8 heteroatoms. The van der Waals surface area contributed by atoms with Crippen LogP contribution < -0.4 is 4.74 Å². The molecule has 3 rings (SSSR count). The van der Waals surface area contributed by atoms with Gasteiger partial charge in [0.2, 0.25) is 0 Å². The van der Waals surface area contributed by atoms with Crippen LogP contribution in [0, 0.1) is 6.92 Å². The SMILES string of the molecule is COc1c(Cl)cc(/C(O)=C2\C(=O)C(=O)N(CCCN(C)C)C2c2ccccc2C)cc1Cl. The Morgan fingerprint density at radius 1 is 1.16 bits per heavy atom. The smallest absolute Gasteiger partial charge is 0.295 e. The molecule has 0 saturated carbocycles. The summed E-state index contributed by atoms with van der Waals surface area (Å²) in [6, 6.07) is 9.75. The molecule has 1 aliphatic rings. The van der Waals surface area contributed by atoms with E-state index in [-0.39, 0.29) is 32.7 Å². The van der Waals surface area contributed by atoms with E-state index in [1.165, 1.54) is 24.1 Å². The molecular weight excluding hydrogens is 451 g/mol. The number of aliphatic hydroxyl groups is 1. The van der Waals surface area contributed by atoms with E-state index < -0.39 is 17.7 Å². The molecule has 0 aliphatic carbocycles. The van der Waals surface area contributed by atoms with E-state index in [0.29, 0.717) is 13.0 Å². The molecule has 170 valence electrons. The highest BCUT2D eigenvalue weighted by atomic mass is 35.5. The Balaban J connectivity index is 2.16. The van der Waals surface area contributed by atoms with E-state index in [1.807, 2.05) is 50.2 Å². The summed E-state index contributed by atoms with van der Waals surface area (Å²) in [5, 5.41) is 11.6. The zero-order valence-corrected chi connectivity index (χ0v) is 20.0. The van der Waals surface area contributed by atoms with Crippen LogP contribution in [0.1, 0.15) is 29.2 Å². The molecule has 1 saturated heterocycles. The van der Waals surface area contributed by atoms with Gasteiger partial charge in [-0.05, 0) is 57.2 Å². The van der Waals surface area contributed by atoms with Gasteiger partial charge < -0.3 is 19.6 Å². The lowest BCUT2D eigenvalue weighted by atomic mass is 9.92. The van der Waals surface area contributed by atoms with Crippen LogP contribution in [0.2, 0.25) is 10.0 Å². The average Bonchev–Trinajstić information content (AvgIpc) is 2.98. The summed E-state index contributed by atoms with van der Waals surface area (Å²) in [7, 11) is 5.33. The number of likely N-dealkylation sites (tertiary alicyclic amines) is 1. The number of hydrogen-bond acceptors (Lipinski definition) is 5. The van der Waals surface area contributed by atoms with Crippen molar-refractivity contribution in [2.24, 2.45) is 0 Å². The summed E-state index contributed by atoms with van der Waals surface area (Å²) in [5.74, 6) is -1.42. The molecule has 1 atom stereocenters. The van der Waals surface area contributed by atoms with Gasteiger partial charge in [0.05, 0.1) is 28.8 Å². The van der Waals surface area contributed by atoms with Crippen LogP contribution in [0.5, 0.6) is 5.75 Å². The number of Topliss-reactive ketones (excluding diaryl/α,β-unsaturated/α-hetero) is 1. The Labute approximate surface area is 198 Å². The molecule has 32 heavy (non-hydrogen) atoms. The molecular formula is C24H26Cl2N2O4. The van der Waals surface area contributed by atoms with E-state index in [4.69, 9.17) is 27.9 Å². The van der Waals surface area contributed by atoms with E-state index in [1.54, 1.807) is 0 Å². The number of ether oxygens (including phenoxy) is 1. The average molecular weight is 477 g/mol. The zero-order valence-electron chi connectivity index (χ0n) is 18.5. The van der Waals surface area contributed by atoms with E-state index in [2.05, 4.69) is 0 Å². The number of hydrogen-bond donors (Lipinski definition) is 1. The number of methoxy groups -OCH3 is 1. The van der Waals surface area contributed by atoms with E-state index >= 15 is 0 Å². The van der Waals surface area contributed by atoms with Crippen LogP contribution in [0.25, 0.3) is 5.76 Å².